The van der Waals surface area contributed by atoms with E-state index >= 15 is 0 Å². The van der Waals surface area contributed by atoms with Crippen molar-refractivity contribution in [2.45, 2.75) is 59.8 Å². The zero-order valence-corrected chi connectivity index (χ0v) is 14.1. The van der Waals surface area contributed by atoms with Gasteiger partial charge in [-0.3, -0.25) is 4.79 Å². The lowest BCUT2D eigenvalue weighted by Gasteiger charge is -2.00. The summed E-state index contributed by atoms with van der Waals surface area (Å²) >= 11 is 0. The topological polar surface area (TPSA) is 29.1 Å². The predicted molar refractivity (Wildman–Crippen MR) is 93.2 cm³/mol. The van der Waals surface area contributed by atoms with Gasteiger partial charge in [0.2, 0.25) is 5.91 Å². The van der Waals surface area contributed by atoms with E-state index in [0.717, 1.165) is 37.7 Å². The molecule has 0 fully saturated rings. The van der Waals surface area contributed by atoms with Gasteiger partial charge in [0.15, 0.2) is 0 Å². The van der Waals surface area contributed by atoms with Gasteiger partial charge >= 0.3 is 0 Å². The number of carbonyl (C=O) groups is 1. The molecule has 1 N–H and O–H groups in total. The van der Waals surface area contributed by atoms with Gasteiger partial charge in [-0.1, -0.05) is 48.5 Å². The van der Waals surface area contributed by atoms with Crippen LogP contribution < -0.4 is 5.32 Å². The molecule has 0 aromatic carbocycles. The third-order valence-electron chi connectivity index (χ3n) is 2.93. The lowest BCUT2D eigenvalue weighted by Crippen LogP contribution is -2.21. The highest BCUT2D eigenvalue weighted by atomic mass is 16.1. The van der Waals surface area contributed by atoms with Gasteiger partial charge in [0.05, 0.1) is 0 Å². The Morgan fingerprint density at radius 2 is 1.62 bits per heavy atom. The monoisotopic (exact) mass is 289 g/mol. The molecule has 2 heteroatoms. The fraction of sp³-hybridized carbons (Fsp3) is 0.526. The smallest absolute Gasteiger partial charge is 0.244 e. The highest BCUT2D eigenvalue weighted by Gasteiger charge is 1.96. The molecule has 21 heavy (non-hydrogen) atoms. The first-order valence-corrected chi connectivity index (χ1v) is 7.94. The van der Waals surface area contributed by atoms with Crippen molar-refractivity contribution in [1.29, 1.82) is 0 Å². The molecule has 118 valence electrons. The Morgan fingerprint density at radius 3 is 2.24 bits per heavy atom. The van der Waals surface area contributed by atoms with E-state index in [4.69, 9.17) is 0 Å². The molecular formula is C19H31NO. The molecule has 0 aliphatic rings. The Balaban J connectivity index is 3.80. The molecule has 0 heterocycles. The zero-order valence-electron chi connectivity index (χ0n) is 14.1. The second-order valence-electron chi connectivity index (χ2n) is 5.48. The summed E-state index contributed by atoms with van der Waals surface area (Å²) in [6.45, 7) is 8.94. The van der Waals surface area contributed by atoms with Crippen LogP contribution in [0.3, 0.4) is 0 Å². The summed E-state index contributed by atoms with van der Waals surface area (Å²) in [6, 6.07) is 0. The number of hydrogen-bond donors (Lipinski definition) is 1. The normalized spacial score (nSPS) is 12.1. The Kier molecular flexibility index (Phi) is 12.4. The van der Waals surface area contributed by atoms with Gasteiger partial charge in [0, 0.05) is 12.6 Å². The molecule has 0 aromatic heterocycles. The molecule has 0 saturated heterocycles. The predicted octanol–water partition coefficient (Wildman–Crippen LogP) is 5.10. The number of carbonyl (C=O) groups excluding carboxylic acids is 1. The number of unbranched alkanes of at least 4 members (excludes halogenated alkanes) is 1. The van der Waals surface area contributed by atoms with Crippen LogP contribution in [0.5, 0.6) is 0 Å². The molecule has 0 spiro atoms. The van der Waals surface area contributed by atoms with Crippen LogP contribution in [0.25, 0.3) is 0 Å². The number of allylic oxidation sites excluding steroid dienone is 6. The minimum Gasteiger partial charge on any atom is -0.349 e. The first kappa shape index (κ1) is 19.4. The van der Waals surface area contributed by atoms with Crippen molar-refractivity contribution < 1.29 is 4.79 Å². The van der Waals surface area contributed by atoms with Crippen molar-refractivity contribution in [3.8, 4) is 0 Å². The summed E-state index contributed by atoms with van der Waals surface area (Å²) in [7, 11) is 0. The average molecular weight is 289 g/mol. The van der Waals surface area contributed by atoms with Crippen LogP contribution >= 0.6 is 0 Å². The van der Waals surface area contributed by atoms with Crippen molar-refractivity contribution in [2.75, 3.05) is 6.54 Å². The first-order valence-electron chi connectivity index (χ1n) is 7.94. The molecule has 0 unspecified atom stereocenters. The Hall–Kier alpha value is -1.57. The van der Waals surface area contributed by atoms with Gasteiger partial charge in [-0.25, -0.2) is 0 Å². The molecule has 0 aliphatic heterocycles. The lowest BCUT2D eigenvalue weighted by molar-refractivity contribution is -0.116. The van der Waals surface area contributed by atoms with Gasteiger partial charge in [-0.05, 0) is 52.9 Å². The minimum atomic E-state index is 0.000212. The largest absolute Gasteiger partial charge is 0.349 e. The molecule has 0 radical (unpaired) electrons. The highest BCUT2D eigenvalue weighted by molar-refractivity contribution is 5.88. The lowest BCUT2D eigenvalue weighted by atomic mass is 10.1. The van der Waals surface area contributed by atoms with E-state index < -0.39 is 0 Å². The summed E-state index contributed by atoms with van der Waals surface area (Å²) in [6.07, 6.45) is 17.6. The van der Waals surface area contributed by atoms with E-state index in [-0.39, 0.29) is 5.91 Å². The van der Waals surface area contributed by atoms with Crippen LogP contribution in [0.15, 0.2) is 47.6 Å². The number of nitrogens with one attached hydrogen (secondary N) is 1. The second-order valence-corrected chi connectivity index (χ2v) is 5.48. The summed E-state index contributed by atoms with van der Waals surface area (Å²) in [5.41, 5.74) is 2.45. The number of rotatable bonds is 10. The SMILES string of the molecule is CCC=CCCC=CCNC(=O)C=C(C)CCC=C(C)C. The van der Waals surface area contributed by atoms with E-state index in [1.165, 1.54) is 5.57 Å². The van der Waals surface area contributed by atoms with Crippen LogP contribution in [-0.4, -0.2) is 12.5 Å². The number of amides is 1. The molecular weight excluding hydrogens is 258 g/mol. The molecule has 0 bridgehead atoms. The van der Waals surface area contributed by atoms with Crippen molar-refractivity contribution in [2.24, 2.45) is 0 Å². The van der Waals surface area contributed by atoms with E-state index in [2.05, 4.69) is 50.4 Å². The molecule has 0 atom stereocenters. The summed E-state index contributed by atoms with van der Waals surface area (Å²) in [4.78, 5) is 11.7. The third-order valence-corrected chi connectivity index (χ3v) is 2.93. The highest BCUT2D eigenvalue weighted by Crippen LogP contribution is 2.06. The van der Waals surface area contributed by atoms with Crippen LogP contribution in [0, 0.1) is 0 Å². The quantitative estimate of drug-likeness (QED) is 0.338. The van der Waals surface area contributed by atoms with E-state index in [0.29, 0.717) is 6.54 Å². The van der Waals surface area contributed by atoms with Crippen molar-refractivity contribution in [3.63, 3.8) is 0 Å². The average Bonchev–Trinajstić information content (AvgIpc) is 2.41. The van der Waals surface area contributed by atoms with Gasteiger partial charge in [-0.15, -0.1) is 0 Å². The van der Waals surface area contributed by atoms with Crippen molar-refractivity contribution in [3.05, 3.63) is 47.6 Å². The first-order chi connectivity index (χ1) is 10.1. The maximum absolute atomic E-state index is 11.7. The Morgan fingerprint density at radius 1 is 0.952 bits per heavy atom. The van der Waals surface area contributed by atoms with Crippen LogP contribution in [0.4, 0.5) is 0 Å². The van der Waals surface area contributed by atoms with E-state index in [9.17, 15) is 4.79 Å². The maximum atomic E-state index is 11.7. The fourth-order valence-corrected chi connectivity index (χ4v) is 1.77. The van der Waals surface area contributed by atoms with E-state index in [1.54, 1.807) is 6.08 Å². The fourth-order valence-electron chi connectivity index (χ4n) is 1.77. The molecule has 0 aromatic rings. The maximum Gasteiger partial charge on any atom is 0.244 e. The molecule has 0 saturated carbocycles. The van der Waals surface area contributed by atoms with Crippen molar-refractivity contribution in [1.82, 2.24) is 5.32 Å². The van der Waals surface area contributed by atoms with Gasteiger partial charge in [0.1, 0.15) is 0 Å². The van der Waals surface area contributed by atoms with Gasteiger partial charge in [-0.2, -0.15) is 0 Å². The Labute approximate surface area is 130 Å². The summed E-state index contributed by atoms with van der Waals surface area (Å²) in [5.74, 6) is 0.000212. The molecule has 1 amide bonds. The summed E-state index contributed by atoms with van der Waals surface area (Å²) < 4.78 is 0. The van der Waals surface area contributed by atoms with Gasteiger partial charge in [0.25, 0.3) is 0 Å². The second kappa shape index (κ2) is 13.4. The van der Waals surface area contributed by atoms with E-state index in [1.807, 2.05) is 13.0 Å². The molecule has 0 rings (SSSR count). The van der Waals surface area contributed by atoms with Crippen LogP contribution in [0.2, 0.25) is 0 Å². The Bertz CT molecular complexity index is 396. The summed E-state index contributed by atoms with van der Waals surface area (Å²) in [5, 5.41) is 2.88. The number of hydrogen-bond acceptors (Lipinski definition) is 1. The van der Waals surface area contributed by atoms with Gasteiger partial charge < -0.3 is 5.32 Å². The third kappa shape index (κ3) is 14.6. The van der Waals surface area contributed by atoms with Crippen molar-refractivity contribution >= 4 is 5.91 Å². The van der Waals surface area contributed by atoms with Crippen LogP contribution in [-0.2, 0) is 4.79 Å². The van der Waals surface area contributed by atoms with Crippen LogP contribution in [0.1, 0.15) is 59.8 Å². The molecule has 2 nitrogen and oxygen atoms in total. The zero-order chi connectivity index (χ0) is 15.9. The standard InChI is InChI=1S/C19H31NO/c1-5-6-7-8-9-10-11-15-20-19(21)16-18(4)14-12-13-17(2)3/h6-7,10-11,13,16H,5,8-9,12,14-15H2,1-4H3,(H,20,21). The molecule has 0 aliphatic carbocycles. The minimum absolute atomic E-state index is 0.000212.